The number of carboxylic acids is 2. The van der Waals surface area contributed by atoms with E-state index >= 15 is 0 Å². The van der Waals surface area contributed by atoms with Crippen molar-refractivity contribution >= 4 is 52.3 Å². The zero-order valence-electron chi connectivity index (χ0n) is 19.3. The van der Waals surface area contributed by atoms with Gasteiger partial charge in [0, 0.05) is 17.4 Å². The number of anilines is 2. The second kappa shape index (κ2) is 11.5. The molecule has 1 fully saturated rings. The lowest BCUT2D eigenvalue weighted by Crippen LogP contribution is -2.44. The normalized spacial score (nSPS) is 13.7. The molecule has 4 rings (SSSR count). The summed E-state index contributed by atoms with van der Waals surface area (Å²) in [5, 5.41) is 21.5. The van der Waals surface area contributed by atoms with Crippen LogP contribution in [0, 0.1) is 0 Å². The minimum absolute atomic E-state index is 0.0144. The van der Waals surface area contributed by atoms with Crippen molar-refractivity contribution in [1.82, 2.24) is 0 Å². The largest absolute Gasteiger partial charge is 0.479 e. The molecule has 2 amide bonds. The van der Waals surface area contributed by atoms with Crippen molar-refractivity contribution in [3.63, 3.8) is 0 Å². The number of nitrogens with zero attached hydrogens (tertiary/aromatic N) is 1. The number of carbonyl (C=O) groups excluding carboxylic acids is 1. The van der Waals surface area contributed by atoms with E-state index in [1.54, 1.807) is 23.1 Å². The molecule has 3 N–H and O–H groups in total. The van der Waals surface area contributed by atoms with Crippen LogP contribution >= 0.6 is 22.9 Å². The number of carbonyl (C=O) groups is 3. The summed E-state index contributed by atoms with van der Waals surface area (Å²) in [5.74, 6) is -2.69. The smallest absolute Gasteiger partial charge is 0.349 e. The van der Waals surface area contributed by atoms with Crippen molar-refractivity contribution in [2.75, 3.05) is 16.8 Å². The molecule has 0 spiro atoms. The quantitative estimate of drug-likeness (QED) is 0.303. The number of thiophene rings is 1. The Kier molecular flexibility index (Phi) is 8.12. The van der Waals surface area contributed by atoms with E-state index in [2.05, 4.69) is 5.32 Å². The van der Waals surface area contributed by atoms with Crippen molar-refractivity contribution in [3.05, 3.63) is 64.5 Å². The number of hydrogen-bond acceptors (Lipinski definition) is 5. The number of para-hydroxylation sites is 1. The van der Waals surface area contributed by atoms with Crippen LogP contribution in [0.1, 0.15) is 41.8 Å². The van der Waals surface area contributed by atoms with Crippen LogP contribution in [-0.4, -0.2) is 40.8 Å². The summed E-state index contributed by atoms with van der Waals surface area (Å²) >= 11 is 7.38. The number of carboxylic acid groups (broad SMARTS) is 2. The van der Waals surface area contributed by atoms with E-state index in [9.17, 15) is 19.5 Å². The number of halogens is 1. The van der Waals surface area contributed by atoms with Gasteiger partial charge in [0.05, 0.1) is 4.88 Å². The number of ether oxygens (including phenoxy) is 1. The van der Waals surface area contributed by atoms with Crippen molar-refractivity contribution < 1.29 is 29.3 Å². The van der Waals surface area contributed by atoms with Crippen LogP contribution in [0.5, 0.6) is 5.75 Å². The molecule has 2 aromatic carbocycles. The summed E-state index contributed by atoms with van der Waals surface area (Å²) < 4.78 is 5.19. The molecule has 1 saturated carbocycles. The molecule has 1 aliphatic carbocycles. The number of benzene rings is 2. The minimum Gasteiger partial charge on any atom is -0.479 e. The monoisotopic (exact) mass is 528 g/mol. The van der Waals surface area contributed by atoms with Gasteiger partial charge >= 0.3 is 18.0 Å². The Morgan fingerprint density at radius 1 is 1.03 bits per heavy atom. The van der Waals surface area contributed by atoms with Gasteiger partial charge < -0.3 is 20.3 Å². The van der Waals surface area contributed by atoms with Gasteiger partial charge in [-0.2, -0.15) is 0 Å². The maximum atomic E-state index is 13.5. The number of nitrogens with one attached hydrogen (secondary N) is 1. The van der Waals surface area contributed by atoms with E-state index in [1.165, 1.54) is 0 Å². The second-order valence-corrected chi connectivity index (χ2v) is 9.80. The van der Waals surface area contributed by atoms with Crippen molar-refractivity contribution in [1.29, 1.82) is 0 Å². The minimum atomic E-state index is -1.27. The number of aliphatic carboxylic acids is 1. The Morgan fingerprint density at radius 3 is 2.42 bits per heavy atom. The fourth-order valence-corrected chi connectivity index (χ4v) is 5.72. The van der Waals surface area contributed by atoms with E-state index in [0.29, 0.717) is 21.8 Å². The van der Waals surface area contributed by atoms with Gasteiger partial charge in [-0.05, 0) is 42.7 Å². The van der Waals surface area contributed by atoms with E-state index < -0.39 is 18.5 Å². The van der Waals surface area contributed by atoms with Gasteiger partial charge in [-0.3, -0.25) is 4.90 Å². The zero-order valence-corrected chi connectivity index (χ0v) is 20.8. The van der Waals surface area contributed by atoms with Crippen LogP contribution in [0.15, 0.2) is 54.6 Å². The predicted octanol–water partition coefficient (Wildman–Crippen LogP) is 6.60. The summed E-state index contributed by atoms with van der Waals surface area (Å²) in [6, 6.07) is 16.2. The van der Waals surface area contributed by atoms with Gasteiger partial charge in [0.1, 0.15) is 5.02 Å². The average molecular weight is 529 g/mol. The van der Waals surface area contributed by atoms with Gasteiger partial charge in [0.2, 0.25) is 0 Å². The maximum Gasteiger partial charge on any atom is 0.349 e. The standard InChI is InChI=1S/C26H25ClN2O6S/c27-21-22(35-15-20(30)31)24(25(32)33)36-23(21)16-8-7-13-19(14-16)29(18-11-5-2-6-12-18)26(34)28-17-9-3-1-4-10-17/h1,3-4,7-10,13-14,18H,2,5-6,11-12,15H2,(H,28,34)(H,30,31)(H,32,33). The van der Waals surface area contributed by atoms with Crippen LogP contribution in [-0.2, 0) is 4.79 Å². The molecule has 0 radical (unpaired) electrons. The van der Waals surface area contributed by atoms with Crippen molar-refractivity contribution in [2.24, 2.45) is 0 Å². The molecule has 1 aliphatic rings. The molecule has 0 bridgehead atoms. The SMILES string of the molecule is O=C(O)COc1c(C(=O)O)sc(-c2cccc(N(C(=O)Nc3ccccc3)C3CCCCC3)c2)c1Cl. The van der Waals surface area contributed by atoms with E-state index in [4.69, 9.17) is 21.4 Å². The molecule has 188 valence electrons. The molecule has 1 aromatic heterocycles. The Hall–Kier alpha value is -3.56. The molecule has 0 aliphatic heterocycles. The Morgan fingerprint density at radius 2 is 1.75 bits per heavy atom. The van der Waals surface area contributed by atoms with E-state index in [-0.39, 0.29) is 27.7 Å². The summed E-state index contributed by atoms with van der Waals surface area (Å²) in [6.45, 7) is -0.717. The fourth-order valence-electron chi connectivity index (χ4n) is 4.32. The first-order chi connectivity index (χ1) is 17.3. The molecule has 0 unspecified atom stereocenters. The Balaban J connectivity index is 1.71. The molecule has 0 atom stereocenters. The molecule has 1 heterocycles. The maximum absolute atomic E-state index is 13.5. The molecule has 8 nitrogen and oxygen atoms in total. The second-order valence-electron chi connectivity index (χ2n) is 8.40. The average Bonchev–Trinajstić information content (AvgIpc) is 3.21. The van der Waals surface area contributed by atoms with Gasteiger partial charge in [-0.15, -0.1) is 11.3 Å². The lowest BCUT2D eigenvalue weighted by Gasteiger charge is -2.34. The Labute approximate surface area is 217 Å². The third kappa shape index (κ3) is 5.80. The highest BCUT2D eigenvalue weighted by atomic mass is 35.5. The predicted molar refractivity (Wildman–Crippen MR) is 140 cm³/mol. The summed E-state index contributed by atoms with van der Waals surface area (Å²) in [7, 11) is 0. The zero-order chi connectivity index (χ0) is 25.7. The highest BCUT2D eigenvalue weighted by Crippen LogP contribution is 2.46. The molecule has 36 heavy (non-hydrogen) atoms. The number of urea groups is 1. The lowest BCUT2D eigenvalue weighted by atomic mass is 9.93. The van der Waals surface area contributed by atoms with Crippen molar-refractivity contribution in [2.45, 2.75) is 38.1 Å². The number of aromatic carboxylic acids is 1. The number of amides is 2. The molecular formula is C26H25ClN2O6S. The van der Waals surface area contributed by atoms with E-state index in [1.807, 2.05) is 36.4 Å². The number of rotatable bonds is 8. The molecule has 3 aromatic rings. The third-order valence-electron chi connectivity index (χ3n) is 5.91. The van der Waals surface area contributed by atoms with E-state index in [0.717, 1.165) is 43.4 Å². The Bertz CT molecular complexity index is 1260. The van der Waals surface area contributed by atoms with Gasteiger partial charge in [-0.25, -0.2) is 14.4 Å². The van der Waals surface area contributed by atoms with Crippen LogP contribution in [0.2, 0.25) is 5.02 Å². The molecular weight excluding hydrogens is 504 g/mol. The van der Waals surface area contributed by atoms with Gasteiger partial charge in [-0.1, -0.05) is 61.2 Å². The van der Waals surface area contributed by atoms with Crippen LogP contribution < -0.4 is 15.0 Å². The number of hydrogen-bond donors (Lipinski definition) is 3. The highest BCUT2D eigenvalue weighted by Gasteiger charge is 2.29. The summed E-state index contributed by atoms with van der Waals surface area (Å²) in [6.07, 6.45) is 4.95. The molecule has 10 heteroatoms. The summed E-state index contributed by atoms with van der Waals surface area (Å²) in [4.78, 5) is 38.2. The fraction of sp³-hybridized carbons (Fsp3) is 0.269. The first kappa shape index (κ1) is 25.5. The van der Waals surface area contributed by atoms with Crippen molar-refractivity contribution in [3.8, 4) is 16.2 Å². The first-order valence-electron chi connectivity index (χ1n) is 11.5. The van der Waals surface area contributed by atoms with Crippen LogP contribution in [0.25, 0.3) is 10.4 Å². The molecule has 0 saturated heterocycles. The summed E-state index contributed by atoms with van der Waals surface area (Å²) in [5.41, 5.74) is 1.94. The van der Waals surface area contributed by atoms with Gasteiger partial charge in [0.25, 0.3) is 0 Å². The van der Waals surface area contributed by atoms with Crippen LogP contribution in [0.4, 0.5) is 16.2 Å². The van der Waals surface area contributed by atoms with Gasteiger partial charge in [0.15, 0.2) is 17.2 Å². The topological polar surface area (TPSA) is 116 Å². The lowest BCUT2D eigenvalue weighted by molar-refractivity contribution is -0.139. The third-order valence-corrected chi connectivity index (χ3v) is 7.59. The highest BCUT2D eigenvalue weighted by molar-refractivity contribution is 7.18. The first-order valence-corrected chi connectivity index (χ1v) is 12.7. The van der Waals surface area contributed by atoms with Crippen LogP contribution in [0.3, 0.4) is 0 Å².